The van der Waals surface area contributed by atoms with Crippen molar-refractivity contribution < 1.29 is 9.13 Å². The van der Waals surface area contributed by atoms with Crippen LogP contribution in [0, 0.1) is 5.82 Å². The Bertz CT molecular complexity index is 838. The number of hydrogen-bond acceptors (Lipinski definition) is 6. The number of ether oxygens (including phenoxy) is 1. The van der Waals surface area contributed by atoms with Crippen LogP contribution in [0.1, 0.15) is 11.3 Å². The van der Waals surface area contributed by atoms with Gasteiger partial charge >= 0.3 is 0 Å². The summed E-state index contributed by atoms with van der Waals surface area (Å²) >= 11 is 1.64. The molecule has 7 nitrogen and oxygen atoms in total. The molecule has 1 aliphatic rings. The number of nitrogens with one attached hydrogen (secondary N) is 1. The molecular weight excluding hydrogens is 518 g/mol. The fourth-order valence-electron chi connectivity index (χ4n) is 3.27. The Labute approximate surface area is 199 Å². The summed E-state index contributed by atoms with van der Waals surface area (Å²) in [7, 11) is 7.28. The molecule has 10 heteroatoms. The van der Waals surface area contributed by atoms with Crippen molar-refractivity contribution in [3.63, 3.8) is 0 Å². The summed E-state index contributed by atoms with van der Waals surface area (Å²) in [6.45, 7) is 4.93. The van der Waals surface area contributed by atoms with E-state index in [-0.39, 0.29) is 35.5 Å². The average molecular weight is 548 g/mol. The maximum Gasteiger partial charge on any atom is 0.194 e. The highest BCUT2D eigenvalue weighted by Gasteiger charge is 2.20. The minimum Gasteiger partial charge on any atom is -0.494 e. The molecule has 0 unspecified atom stereocenters. The molecule has 2 aromatic rings. The first-order valence-corrected chi connectivity index (χ1v) is 10.5. The molecule has 0 saturated carbocycles. The molecular formula is C20H30FIN6OS. The van der Waals surface area contributed by atoms with Gasteiger partial charge in [-0.15, -0.1) is 35.3 Å². The minimum absolute atomic E-state index is 0. The van der Waals surface area contributed by atoms with Gasteiger partial charge in [0, 0.05) is 59.2 Å². The molecule has 166 valence electrons. The number of halogens is 2. The summed E-state index contributed by atoms with van der Waals surface area (Å²) in [5.74, 6) is 0.860. The van der Waals surface area contributed by atoms with Crippen LogP contribution in [-0.4, -0.2) is 75.2 Å². The Hall–Kier alpha value is -1.66. The van der Waals surface area contributed by atoms with E-state index in [1.165, 1.54) is 7.11 Å². The molecule has 0 amide bonds. The molecule has 1 aromatic carbocycles. The van der Waals surface area contributed by atoms with Gasteiger partial charge in [0.2, 0.25) is 0 Å². The third-order valence-electron chi connectivity index (χ3n) is 4.86. The van der Waals surface area contributed by atoms with Gasteiger partial charge in [0.1, 0.15) is 0 Å². The normalized spacial score (nSPS) is 15.0. The van der Waals surface area contributed by atoms with Gasteiger partial charge in [-0.1, -0.05) is 6.07 Å². The number of methoxy groups -OCH3 is 1. The standard InChI is InChI=1S/C20H29FN6OS.HI/c1-22-19(23-12-16-14-29-20(24-16)25(2)3)27-9-7-26(8-10-27)13-15-5-6-18(28-4)17(21)11-15;/h5-6,11,14H,7-10,12-13H2,1-4H3,(H,22,23);1H. The van der Waals surface area contributed by atoms with Gasteiger partial charge in [-0.05, 0) is 17.7 Å². The molecule has 1 aliphatic heterocycles. The predicted octanol–water partition coefficient (Wildman–Crippen LogP) is 2.87. The third-order valence-corrected chi connectivity index (χ3v) is 5.91. The number of aromatic nitrogens is 1. The van der Waals surface area contributed by atoms with Gasteiger partial charge in [-0.3, -0.25) is 9.89 Å². The van der Waals surface area contributed by atoms with E-state index in [2.05, 4.69) is 30.5 Å². The van der Waals surface area contributed by atoms with Gasteiger partial charge < -0.3 is 19.9 Å². The lowest BCUT2D eigenvalue weighted by molar-refractivity contribution is 0.172. The number of aliphatic imine (C=N–C) groups is 1. The molecule has 0 atom stereocenters. The number of thiazole rings is 1. The van der Waals surface area contributed by atoms with Crippen molar-refractivity contribution in [2.45, 2.75) is 13.1 Å². The zero-order chi connectivity index (χ0) is 20.8. The first-order valence-electron chi connectivity index (χ1n) is 9.62. The molecule has 30 heavy (non-hydrogen) atoms. The third kappa shape index (κ3) is 6.42. The maximum atomic E-state index is 13.9. The SMILES string of the molecule is CN=C(NCc1csc(N(C)C)n1)N1CCN(Cc2ccc(OC)c(F)c2)CC1.I. The first kappa shape index (κ1) is 24.6. The Morgan fingerprint density at radius 3 is 2.60 bits per heavy atom. The second-order valence-electron chi connectivity index (χ2n) is 7.15. The number of nitrogens with zero attached hydrogens (tertiary/aromatic N) is 5. The lowest BCUT2D eigenvalue weighted by Crippen LogP contribution is -2.52. The Kier molecular flexibility index (Phi) is 9.56. The number of piperazine rings is 1. The molecule has 0 spiro atoms. The van der Waals surface area contributed by atoms with E-state index in [9.17, 15) is 4.39 Å². The molecule has 1 N–H and O–H groups in total. The summed E-state index contributed by atoms with van der Waals surface area (Å²) < 4.78 is 18.9. The minimum atomic E-state index is -0.312. The van der Waals surface area contributed by atoms with Gasteiger partial charge in [-0.2, -0.15) is 0 Å². The Morgan fingerprint density at radius 1 is 1.30 bits per heavy atom. The van der Waals surface area contributed by atoms with Crippen LogP contribution in [0.15, 0.2) is 28.6 Å². The average Bonchev–Trinajstić information content (AvgIpc) is 3.19. The van der Waals surface area contributed by atoms with E-state index in [0.717, 1.165) is 55.1 Å². The van der Waals surface area contributed by atoms with Gasteiger partial charge in [0.05, 0.1) is 19.3 Å². The van der Waals surface area contributed by atoms with Crippen molar-refractivity contribution in [2.24, 2.45) is 4.99 Å². The number of rotatable bonds is 6. The first-order chi connectivity index (χ1) is 14.0. The fourth-order valence-corrected chi connectivity index (χ4v) is 4.03. The van der Waals surface area contributed by atoms with Crippen molar-refractivity contribution in [2.75, 3.05) is 59.3 Å². The monoisotopic (exact) mass is 548 g/mol. The van der Waals surface area contributed by atoms with Gasteiger partial charge in [0.15, 0.2) is 22.7 Å². The van der Waals surface area contributed by atoms with Crippen LogP contribution in [0.2, 0.25) is 0 Å². The second-order valence-corrected chi connectivity index (χ2v) is 7.99. The van der Waals surface area contributed by atoms with Crippen LogP contribution in [-0.2, 0) is 13.1 Å². The summed E-state index contributed by atoms with van der Waals surface area (Å²) in [5, 5.41) is 6.48. The topological polar surface area (TPSA) is 56.2 Å². The molecule has 1 aromatic heterocycles. The van der Waals surface area contributed by atoms with Gasteiger partial charge in [0.25, 0.3) is 0 Å². The molecule has 0 bridgehead atoms. The fraction of sp³-hybridized carbons (Fsp3) is 0.500. The molecule has 1 fully saturated rings. The smallest absolute Gasteiger partial charge is 0.194 e. The molecule has 0 radical (unpaired) electrons. The van der Waals surface area contributed by atoms with E-state index in [4.69, 9.17) is 4.74 Å². The van der Waals surface area contributed by atoms with Crippen molar-refractivity contribution in [3.05, 3.63) is 40.7 Å². The van der Waals surface area contributed by atoms with E-state index in [1.807, 2.05) is 25.1 Å². The predicted molar refractivity (Wildman–Crippen MR) is 132 cm³/mol. The van der Waals surface area contributed by atoms with Gasteiger partial charge in [-0.25, -0.2) is 9.37 Å². The van der Waals surface area contributed by atoms with Crippen LogP contribution in [0.25, 0.3) is 0 Å². The highest BCUT2D eigenvalue weighted by molar-refractivity contribution is 14.0. The number of anilines is 1. The lowest BCUT2D eigenvalue weighted by atomic mass is 10.2. The molecule has 3 rings (SSSR count). The van der Waals surface area contributed by atoms with Crippen LogP contribution >= 0.6 is 35.3 Å². The maximum absolute atomic E-state index is 13.9. The van der Waals surface area contributed by atoms with Crippen LogP contribution in [0.5, 0.6) is 5.75 Å². The van der Waals surface area contributed by atoms with Crippen LogP contribution in [0.3, 0.4) is 0 Å². The zero-order valence-electron chi connectivity index (χ0n) is 17.9. The molecule has 2 heterocycles. The highest BCUT2D eigenvalue weighted by atomic mass is 127. The summed E-state index contributed by atoms with van der Waals surface area (Å²) in [6, 6.07) is 5.17. The largest absolute Gasteiger partial charge is 0.494 e. The Balaban J connectivity index is 0.00000320. The van der Waals surface area contributed by atoms with Crippen molar-refractivity contribution in [1.29, 1.82) is 0 Å². The molecule has 0 aliphatic carbocycles. The number of hydrogen-bond donors (Lipinski definition) is 1. The Morgan fingerprint density at radius 2 is 2.03 bits per heavy atom. The summed E-state index contributed by atoms with van der Waals surface area (Å²) in [4.78, 5) is 15.6. The van der Waals surface area contributed by atoms with Crippen molar-refractivity contribution in [3.8, 4) is 5.75 Å². The highest BCUT2D eigenvalue weighted by Crippen LogP contribution is 2.20. The van der Waals surface area contributed by atoms with Crippen LogP contribution < -0.4 is 15.0 Å². The van der Waals surface area contributed by atoms with Crippen molar-refractivity contribution >= 4 is 46.4 Å². The number of benzene rings is 1. The zero-order valence-corrected chi connectivity index (χ0v) is 21.0. The second kappa shape index (κ2) is 11.7. The van der Waals surface area contributed by atoms with Crippen molar-refractivity contribution in [1.82, 2.24) is 20.1 Å². The molecule has 1 saturated heterocycles. The van der Waals surface area contributed by atoms with E-state index < -0.39 is 0 Å². The quantitative estimate of drug-likeness (QED) is 0.341. The summed E-state index contributed by atoms with van der Waals surface area (Å²) in [5.41, 5.74) is 1.97. The lowest BCUT2D eigenvalue weighted by Gasteiger charge is -2.36. The number of guanidine groups is 1. The van der Waals surface area contributed by atoms with E-state index in [0.29, 0.717) is 6.54 Å². The van der Waals surface area contributed by atoms with E-state index in [1.54, 1.807) is 30.5 Å². The van der Waals surface area contributed by atoms with Crippen LogP contribution in [0.4, 0.5) is 9.52 Å². The summed E-state index contributed by atoms with van der Waals surface area (Å²) in [6.07, 6.45) is 0. The van der Waals surface area contributed by atoms with E-state index >= 15 is 0 Å².